The monoisotopic (exact) mass is 442 g/mol. The van der Waals surface area contributed by atoms with E-state index in [-0.39, 0.29) is 24.2 Å². The molecule has 7 heteroatoms. The van der Waals surface area contributed by atoms with Gasteiger partial charge in [0, 0.05) is 18.7 Å². The number of ether oxygens (including phenoxy) is 1. The lowest BCUT2D eigenvalue weighted by Gasteiger charge is -2.14. The van der Waals surface area contributed by atoms with Gasteiger partial charge in [0.15, 0.2) is 0 Å². The van der Waals surface area contributed by atoms with Crippen molar-refractivity contribution in [3.8, 4) is 0 Å². The summed E-state index contributed by atoms with van der Waals surface area (Å²) in [7, 11) is 0. The van der Waals surface area contributed by atoms with Gasteiger partial charge in [-0.05, 0) is 32.0 Å². The number of nitrogens with one attached hydrogen (secondary N) is 1. The quantitative estimate of drug-likeness (QED) is 0.129. The van der Waals surface area contributed by atoms with Gasteiger partial charge in [0.1, 0.15) is 6.10 Å². The first-order valence-electron chi connectivity index (χ1n) is 11.2. The number of carbonyl (C=O) groups excluding carboxylic acids is 1. The van der Waals surface area contributed by atoms with Gasteiger partial charge in [-0.3, -0.25) is 10.1 Å². The summed E-state index contributed by atoms with van der Waals surface area (Å²) in [5.74, 6) is -0.455. The summed E-state index contributed by atoms with van der Waals surface area (Å²) in [5, 5.41) is 14.0. The van der Waals surface area contributed by atoms with Crippen molar-refractivity contribution in [2.24, 2.45) is 0 Å². The van der Waals surface area contributed by atoms with Crippen molar-refractivity contribution in [1.29, 1.82) is 0 Å². The minimum Gasteiger partial charge on any atom is -0.458 e. The van der Waals surface area contributed by atoms with E-state index in [9.17, 15) is 14.9 Å². The van der Waals surface area contributed by atoms with Crippen LogP contribution in [0.4, 0.5) is 5.69 Å². The van der Waals surface area contributed by atoms with Gasteiger partial charge in [0.05, 0.1) is 10.5 Å². The van der Waals surface area contributed by atoms with Gasteiger partial charge in [-0.25, -0.2) is 4.79 Å². The molecule has 0 fully saturated rings. The fraction of sp³-hybridized carbons (Fsp3) is 0.696. The minimum atomic E-state index is -0.490. The molecular formula is C23H39ClN2O4. The molecule has 30 heavy (non-hydrogen) atoms. The topological polar surface area (TPSA) is 81.5 Å². The van der Waals surface area contributed by atoms with E-state index < -0.39 is 10.9 Å². The number of benzene rings is 1. The molecule has 1 N–H and O–H groups in total. The maximum absolute atomic E-state index is 12.1. The Morgan fingerprint density at radius 3 is 1.97 bits per heavy atom. The second kappa shape index (κ2) is 18.1. The zero-order valence-electron chi connectivity index (χ0n) is 18.6. The zero-order valence-corrected chi connectivity index (χ0v) is 19.4. The Balaban J connectivity index is 0.00000841. The molecule has 0 heterocycles. The third-order valence-electron chi connectivity index (χ3n) is 5.01. The van der Waals surface area contributed by atoms with E-state index >= 15 is 0 Å². The predicted molar refractivity (Wildman–Crippen MR) is 125 cm³/mol. The zero-order chi connectivity index (χ0) is 21.3. The third kappa shape index (κ3) is 13.5. The standard InChI is InChI=1S/C23H38N2O4.ClH/c1-3-4-5-6-7-8-9-10-11-12-13-18-24-19-20(2)29-23(26)21-14-16-22(17-15-21)25(27)28;/h14-17,20,24H,3-13,18-19H2,1-2H3;1H. The van der Waals surface area contributed by atoms with Crippen LogP contribution in [-0.2, 0) is 4.74 Å². The Morgan fingerprint density at radius 2 is 1.47 bits per heavy atom. The Morgan fingerprint density at radius 1 is 0.967 bits per heavy atom. The fourth-order valence-corrected chi connectivity index (χ4v) is 3.23. The van der Waals surface area contributed by atoms with Crippen LogP contribution in [0.2, 0.25) is 0 Å². The summed E-state index contributed by atoms with van der Waals surface area (Å²) in [6, 6.07) is 5.47. The molecule has 172 valence electrons. The molecule has 0 amide bonds. The molecule has 1 atom stereocenters. The number of nitro groups is 1. The normalized spacial score (nSPS) is 11.5. The maximum Gasteiger partial charge on any atom is 0.338 e. The number of unbranched alkanes of at least 4 members (excludes halogenated alkanes) is 10. The maximum atomic E-state index is 12.1. The lowest BCUT2D eigenvalue weighted by Crippen LogP contribution is -2.29. The van der Waals surface area contributed by atoms with Crippen LogP contribution in [0.1, 0.15) is 94.8 Å². The second-order valence-electron chi connectivity index (χ2n) is 7.76. The van der Waals surface area contributed by atoms with Gasteiger partial charge in [0.2, 0.25) is 0 Å². The van der Waals surface area contributed by atoms with E-state index in [2.05, 4.69) is 12.2 Å². The van der Waals surface area contributed by atoms with E-state index in [1.807, 2.05) is 6.92 Å². The summed E-state index contributed by atoms with van der Waals surface area (Å²) >= 11 is 0. The first-order chi connectivity index (χ1) is 14.0. The molecule has 0 aliphatic heterocycles. The largest absolute Gasteiger partial charge is 0.458 e. The van der Waals surface area contributed by atoms with Crippen molar-refractivity contribution in [3.63, 3.8) is 0 Å². The van der Waals surface area contributed by atoms with Crippen molar-refractivity contribution < 1.29 is 14.5 Å². The Hall–Kier alpha value is -1.66. The van der Waals surface area contributed by atoms with Gasteiger partial charge in [0.25, 0.3) is 5.69 Å². The van der Waals surface area contributed by atoms with Crippen LogP contribution in [0, 0.1) is 10.1 Å². The molecule has 0 aliphatic carbocycles. The minimum absolute atomic E-state index is 0. The van der Waals surface area contributed by atoms with Crippen molar-refractivity contribution in [1.82, 2.24) is 5.32 Å². The van der Waals surface area contributed by atoms with E-state index in [4.69, 9.17) is 4.74 Å². The SMILES string of the molecule is CCCCCCCCCCCCCNCC(C)OC(=O)c1ccc([N+](=O)[O-])cc1.Cl. The Labute approximate surface area is 187 Å². The average Bonchev–Trinajstić information content (AvgIpc) is 2.71. The number of nitrogens with zero attached hydrogens (tertiary/aromatic N) is 1. The molecule has 1 rings (SSSR count). The number of nitro benzene ring substituents is 1. The van der Waals surface area contributed by atoms with Crippen LogP contribution in [-0.4, -0.2) is 30.1 Å². The van der Waals surface area contributed by atoms with Crippen LogP contribution in [0.25, 0.3) is 0 Å². The van der Waals surface area contributed by atoms with Crippen LogP contribution < -0.4 is 5.32 Å². The van der Waals surface area contributed by atoms with Crippen LogP contribution in [0.3, 0.4) is 0 Å². The summed E-state index contributed by atoms with van der Waals surface area (Å²) in [6.45, 7) is 5.63. The van der Waals surface area contributed by atoms with Gasteiger partial charge < -0.3 is 10.1 Å². The molecule has 1 aromatic carbocycles. The van der Waals surface area contributed by atoms with E-state index in [1.165, 1.54) is 88.5 Å². The van der Waals surface area contributed by atoms with Crippen molar-refractivity contribution >= 4 is 24.1 Å². The predicted octanol–water partition coefficient (Wildman–Crippen LogP) is 6.46. The molecule has 0 spiro atoms. The third-order valence-corrected chi connectivity index (χ3v) is 5.01. The molecule has 0 saturated heterocycles. The summed E-state index contributed by atoms with van der Waals surface area (Å²) in [4.78, 5) is 22.2. The molecule has 0 bridgehead atoms. The number of esters is 1. The molecule has 1 unspecified atom stereocenters. The molecule has 0 radical (unpaired) electrons. The van der Waals surface area contributed by atoms with E-state index in [0.29, 0.717) is 12.1 Å². The highest BCUT2D eigenvalue weighted by Gasteiger charge is 2.13. The van der Waals surface area contributed by atoms with Crippen molar-refractivity contribution in [2.45, 2.75) is 90.6 Å². The number of non-ortho nitro benzene ring substituents is 1. The van der Waals surface area contributed by atoms with Gasteiger partial charge in [-0.2, -0.15) is 0 Å². The van der Waals surface area contributed by atoms with Crippen LogP contribution in [0.15, 0.2) is 24.3 Å². The Bertz CT molecular complexity index is 581. The summed E-state index contributed by atoms with van der Waals surface area (Å²) in [6.07, 6.45) is 14.3. The van der Waals surface area contributed by atoms with Crippen molar-refractivity contribution in [2.75, 3.05) is 13.1 Å². The highest BCUT2D eigenvalue weighted by molar-refractivity contribution is 5.89. The van der Waals surface area contributed by atoms with Gasteiger partial charge in [-0.15, -0.1) is 12.4 Å². The molecule has 1 aromatic rings. The fourth-order valence-electron chi connectivity index (χ4n) is 3.23. The first-order valence-corrected chi connectivity index (χ1v) is 11.2. The summed E-state index contributed by atoms with van der Waals surface area (Å²) < 4.78 is 5.37. The number of carbonyl (C=O) groups is 1. The second-order valence-corrected chi connectivity index (χ2v) is 7.76. The average molecular weight is 443 g/mol. The molecule has 6 nitrogen and oxygen atoms in total. The van der Waals surface area contributed by atoms with Crippen LogP contribution in [0.5, 0.6) is 0 Å². The Kier molecular flexibility index (Phi) is 17.1. The van der Waals surface area contributed by atoms with E-state index in [1.54, 1.807) is 0 Å². The van der Waals surface area contributed by atoms with Crippen LogP contribution >= 0.6 is 12.4 Å². The first kappa shape index (κ1) is 28.3. The molecule has 0 aromatic heterocycles. The number of hydrogen-bond donors (Lipinski definition) is 1. The molecule has 0 aliphatic rings. The highest BCUT2D eigenvalue weighted by Crippen LogP contribution is 2.13. The number of halogens is 1. The molecule has 0 saturated carbocycles. The smallest absolute Gasteiger partial charge is 0.338 e. The number of hydrogen-bond acceptors (Lipinski definition) is 5. The van der Waals surface area contributed by atoms with E-state index in [0.717, 1.165) is 13.0 Å². The highest BCUT2D eigenvalue weighted by atomic mass is 35.5. The summed E-state index contributed by atoms with van der Waals surface area (Å²) in [5.41, 5.74) is 0.288. The van der Waals surface area contributed by atoms with Gasteiger partial charge >= 0.3 is 5.97 Å². The number of rotatable bonds is 17. The van der Waals surface area contributed by atoms with Crippen molar-refractivity contribution in [3.05, 3.63) is 39.9 Å². The van der Waals surface area contributed by atoms with Gasteiger partial charge in [-0.1, -0.05) is 71.1 Å². The lowest BCUT2D eigenvalue weighted by atomic mass is 10.1. The lowest BCUT2D eigenvalue weighted by molar-refractivity contribution is -0.384. The molecular weight excluding hydrogens is 404 g/mol.